The van der Waals surface area contributed by atoms with E-state index >= 15 is 0 Å². The summed E-state index contributed by atoms with van der Waals surface area (Å²) in [6.45, 7) is 3.61. The zero-order valence-corrected chi connectivity index (χ0v) is 7.26. The van der Waals surface area contributed by atoms with E-state index in [1.165, 1.54) is 11.8 Å². The van der Waals surface area contributed by atoms with Crippen molar-refractivity contribution < 1.29 is 4.79 Å². The number of carbonyl (C=O) groups is 1. The van der Waals surface area contributed by atoms with Crippen molar-refractivity contribution in [3.63, 3.8) is 0 Å². The molecule has 0 bridgehead atoms. The van der Waals surface area contributed by atoms with Crippen molar-refractivity contribution in [2.75, 3.05) is 11.6 Å². The maximum atomic E-state index is 10.4. The molecule has 0 aromatic rings. The molecule has 0 aliphatic carbocycles. The molecule has 54 valence electrons. The number of alkyl halides is 1. The normalized spacial score (nSPS) is 13.2. The summed E-state index contributed by atoms with van der Waals surface area (Å²) in [7, 11) is 0. The van der Waals surface area contributed by atoms with Gasteiger partial charge in [-0.25, -0.2) is 0 Å². The summed E-state index contributed by atoms with van der Waals surface area (Å²) in [5.74, 6) is 1.93. The highest BCUT2D eigenvalue weighted by atomic mass is 35.5. The van der Waals surface area contributed by atoms with Crippen LogP contribution < -0.4 is 0 Å². The molecule has 1 nitrogen and oxygen atoms in total. The molecule has 0 amide bonds. The van der Waals surface area contributed by atoms with Gasteiger partial charge >= 0.3 is 0 Å². The maximum absolute atomic E-state index is 10.4. The van der Waals surface area contributed by atoms with E-state index in [1.54, 1.807) is 6.92 Å². The molecule has 9 heavy (non-hydrogen) atoms. The predicted molar refractivity (Wildman–Crippen MR) is 43.0 cm³/mol. The van der Waals surface area contributed by atoms with Crippen LogP contribution in [0.2, 0.25) is 0 Å². The summed E-state index contributed by atoms with van der Waals surface area (Å²) >= 11 is 6.85. The molecule has 0 saturated carbocycles. The zero-order valence-electron chi connectivity index (χ0n) is 5.69. The highest BCUT2D eigenvalue weighted by Gasteiger charge is 2.01. The molecular formula is C6H11ClOS. The van der Waals surface area contributed by atoms with Crippen LogP contribution in [0.5, 0.6) is 0 Å². The number of hydrogen-bond donors (Lipinski definition) is 0. The van der Waals surface area contributed by atoms with Gasteiger partial charge in [0.25, 0.3) is 0 Å². The highest BCUT2D eigenvalue weighted by Crippen LogP contribution is 2.09. The Balaban J connectivity index is 3.16. The molecule has 0 spiro atoms. The molecule has 0 saturated heterocycles. The van der Waals surface area contributed by atoms with Gasteiger partial charge in [0, 0.05) is 18.6 Å². The van der Waals surface area contributed by atoms with Crippen LogP contribution in [0.1, 0.15) is 13.8 Å². The standard InChI is InChI=1S/C6H11ClOS/c1-5(3-7)4-9-6(2)8/h5H,3-4H2,1-2H3/t5-/m0/s1. The van der Waals surface area contributed by atoms with E-state index in [0.29, 0.717) is 11.8 Å². The van der Waals surface area contributed by atoms with Crippen molar-refractivity contribution in [2.24, 2.45) is 5.92 Å². The van der Waals surface area contributed by atoms with Crippen molar-refractivity contribution >= 4 is 28.5 Å². The quantitative estimate of drug-likeness (QED) is 0.598. The van der Waals surface area contributed by atoms with Crippen molar-refractivity contribution in [3.8, 4) is 0 Å². The zero-order chi connectivity index (χ0) is 7.28. The minimum Gasteiger partial charge on any atom is -0.288 e. The Kier molecular flexibility index (Phi) is 5.30. The van der Waals surface area contributed by atoms with Gasteiger partial charge in [0.05, 0.1) is 0 Å². The first-order valence-corrected chi connectivity index (χ1v) is 4.38. The van der Waals surface area contributed by atoms with Gasteiger partial charge in [0.1, 0.15) is 0 Å². The Morgan fingerprint density at radius 2 is 2.33 bits per heavy atom. The maximum Gasteiger partial charge on any atom is 0.185 e. The molecule has 1 atom stereocenters. The SMILES string of the molecule is CC(=O)SC[C@@H](C)CCl. The monoisotopic (exact) mass is 166 g/mol. The fourth-order valence-electron chi connectivity index (χ4n) is 0.304. The van der Waals surface area contributed by atoms with Crippen molar-refractivity contribution in [1.82, 2.24) is 0 Å². The number of thioether (sulfide) groups is 1. The smallest absolute Gasteiger partial charge is 0.185 e. The molecule has 0 fully saturated rings. The van der Waals surface area contributed by atoms with Crippen LogP contribution in [0.3, 0.4) is 0 Å². The fraction of sp³-hybridized carbons (Fsp3) is 0.833. The van der Waals surface area contributed by atoms with E-state index < -0.39 is 0 Å². The molecule has 0 aromatic heterocycles. The van der Waals surface area contributed by atoms with E-state index in [9.17, 15) is 4.79 Å². The third-order valence-electron chi connectivity index (χ3n) is 0.835. The number of rotatable bonds is 3. The third kappa shape index (κ3) is 6.19. The summed E-state index contributed by atoms with van der Waals surface area (Å²) in [6, 6.07) is 0. The van der Waals surface area contributed by atoms with Crippen LogP contribution >= 0.6 is 23.4 Å². The van der Waals surface area contributed by atoms with E-state index in [0.717, 1.165) is 5.75 Å². The van der Waals surface area contributed by atoms with Crippen molar-refractivity contribution in [2.45, 2.75) is 13.8 Å². The fourth-order valence-corrected chi connectivity index (χ4v) is 1.18. The lowest BCUT2D eigenvalue weighted by atomic mass is 10.3. The highest BCUT2D eigenvalue weighted by molar-refractivity contribution is 8.13. The lowest BCUT2D eigenvalue weighted by Crippen LogP contribution is -2.00. The minimum absolute atomic E-state index is 0.173. The first-order chi connectivity index (χ1) is 4.16. The van der Waals surface area contributed by atoms with Gasteiger partial charge in [-0.3, -0.25) is 4.79 Å². The Morgan fingerprint density at radius 1 is 1.78 bits per heavy atom. The molecule has 0 heterocycles. The summed E-state index contributed by atoms with van der Waals surface area (Å²) in [4.78, 5) is 10.4. The van der Waals surface area contributed by atoms with Gasteiger partial charge in [-0.2, -0.15) is 0 Å². The second kappa shape index (κ2) is 5.12. The number of carbonyl (C=O) groups excluding carboxylic acids is 1. The van der Waals surface area contributed by atoms with Crippen LogP contribution in [-0.4, -0.2) is 16.7 Å². The summed E-state index contributed by atoms with van der Waals surface area (Å²) in [5.41, 5.74) is 0. The molecule has 0 aliphatic heterocycles. The Bertz CT molecular complexity index is 95.1. The van der Waals surface area contributed by atoms with Crippen LogP contribution in [-0.2, 0) is 4.79 Å². The molecule has 0 radical (unpaired) electrons. The summed E-state index contributed by atoms with van der Waals surface area (Å²) in [6.07, 6.45) is 0. The van der Waals surface area contributed by atoms with Crippen LogP contribution in [0.25, 0.3) is 0 Å². The Labute approximate surface area is 65.2 Å². The minimum atomic E-state index is 0.173. The lowest BCUT2D eigenvalue weighted by Gasteiger charge is -2.02. The Hall–Kier alpha value is 0.310. The third-order valence-corrected chi connectivity index (χ3v) is 2.50. The summed E-state index contributed by atoms with van der Waals surface area (Å²) < 4.78 is 0. The van der Waals surface area contributed by atoms with Gasteiger partial charge in [0.2, 0.25) is 0 Å². The second-order valence-electron chi connectivity index (χ2n) is 2.06. The Morgan fingerprint density at radius 3 is 2.67 bits per heavy atom. The van der Waals surface area contributed by atoms with Crippen LogP contribution in [0.4, 0.5) is 0 Å². The van der Waals surface area contributed by atoms with E-state index in [2.05, 4.69) is 0 Å². The molecule has 0 aliphatic rings. The summed E-state index contributed by atoms with van der Waals surface area (Å²) in [5, 5.41) is 0.173. The molecular weight excluding hydrogens is 156 g/mol. The van der Waals surface area contributed by atoms with E-state index in [1.807, 2.05) is 6.92 Å². The second-order valence-corrected chi connectivity index (χ2v) is 3.57. The largest absolute Gasteiger partial charge is 0.288 e. The average molecular weight is 167 g/mol. The van der Waals surface area contributed by atoms with Gasteiger partial charge in [0.15, 0.2) is 5.12 Å². The van der Waals surface area contributed by atoms with Gasteiger partial charge < -0.3 is 0 Å². The molecule has 0 rings (SSSR count). The van der Waals surface area contributed by atoms with Gasteiger partial charge in [-0.1, -0.05) is 18.7 Å². The van der Waals surface area contributed by atoms with Crippen molar-refractivity contribution in [1.29, 1.82) is 0 Å². The average Bonchev–Trinajstić information content (AvgIpc) is 1.83. The first-order valence-electron chi connectivity index (χ1n) is 2.86. The number of hydrogen-bond acceptors (Lipinski definition) is 2. The van der Waals surface area contributed by atoms with Gasteiger partial charge in [-0.05, 0) is 5.92 Å². The van der Waals surface area contributed by atoms with Crippen LogP contribution in [0.15, 0.2) is 0 Å². The van der Waals surface area contributed by atoms with Gasteiger partial charge in [-0.15, -0.1) is 11.6 Å². The first kappa shape index (κ1) is 9.31. The molecule has 0 N–H and O–H groups in total. The lowest BCUT2D eigenvalue weighted by molar-refractivity contribution is -0.109. The molecule has 3 heteroatoms. The van der Waals surface area contributed by atoms with Crippen molar-refractivity contribution in [3.05, 3.63) is 0 Å². The van der Waals surface area contributed by atoms with Crippen LogP contribution in [0, 0.1) is 5.92 Å². The molecule has 0 unspecified atom stereocenters. The number of halogens is 1. The topological polar surface area (TPSA) is 17.1 Å². The molecule has 0 aromatic carbocycles. The van der Waals surface area contributed by atoms with E-state index in [-0.39, 0.29) is 5.12 Å². The van der Waals surface area contributed by atoms with E-state index in [4.69, 9.17) is 11.6 Å². The predicted octanol–water partition coefficient (Wildman–Crippen LogP) is 2.14.